The van der Waals surface area contributed by atoms with Crippen molar-refractivity contribution >= 4 is 5.78 Å². The molecule has 1 fully saturated rings. The Hall–Kier alpha value is -1.82. The summed E-state index contributed by atoms with van der Waals surface area (Å²) >= 11 is 0. The van der Waals surface area contributed by atoms with Crippen molar-refractivity contribution in [2.75, 3.05) is 0 Å². The first-order chi connectivity index (χ1) is 7.57. The molecule has 0 aromatic heterocycles. The monoisotopic (exact) mass is 215 g/mol. The number of hydrogen-bond acceptors (Lipinski definition) is 3. The Morgan fingerprint density at radius 2 is 2.25 bits per heavy atom. The van der Waals surface area contributed by atoms with Crippen molar-refractivity contribution in [3.8, 4) is 11.8 Å². The minimum Gasteiger partial charge on any atom is -0.508 e. The second-order valence-electron chi connectivity index (χ2n) is 4.41. The van der Waals surface area contributed by atoms with Gasteiger partial charge in [0.1, 0.15) is 11.5 Å². The maximum atomic E-state index is 11.3. The van der Waals surface area contributed by atoms with Crippen LogP contribution in [0.2, 0.25) is 0 Å². The average Bonchev–Trinajstić information content (AvgIpc) is 2.65. The predicted molar refractivity (Wildman–Crippen MR) is 59.0 cm³/mol. The van der Waals surface area contributed by atoms with Crippen LogP contribution >= 0.6 is 0 Å². The minimum atomic E-state index is -0.671. The number of benzene rings is 1. The number of nitriles is 1. The molecule has 16 heavy (non-hydrogen) atoms. The lowest BCUT2D eigenvalue weighted by molar-refractivity contribution is -0.117. The molecule has 0 amide bonds. The predicted octanol–water partition coefficient (Wildman–Crippen LogP) is 2.22. The van der Waals surface area contributed by atoms with Gasteiger partial charge in [-0.05, 0) is 30.5 Å². The van der Waals surface area contributed by atoms with Crippen LogP contribution in [0.3, 0.4) is 0 Å². The molecule has 1 aromatic carbocycles. The van der Waals surface area contributed by atoms with Crippen LogP contribution in [0, 0.1) is 18.3 Å². The molecule has 0 heterocycles. The molecule has 1 saturated carbocycles. The maximum Gasteiger partial charge on any atom is 0.134 e. The van der Waals surface area contributed by atoms with Crippen LogP contribution in [0.5, 0.6) is 5.75 Å². The minimum absolute atomic E-state index is 0.146. The molecule has 0 saturated heterocycles. The smallest absolute Gasteiger partial charge is 0.134 e. The Morgan fingerprint density at radius 1 is 1.50 bits per heavy atom. The molecule has 3 nitrogen and oxygen atoms in total. The number of phenols is 1. The van der Waals surface area contributed by atoms with Crippen LogP contribution in [0.4, 0.5) is 0 Å². The summed E-state index contributed by atoms with van der Waals surface area (Å²) in [6.45, 7) is 1.79. The van der Waals surface area contributed by atoms with E-state index < -0.39 is 5.41 Å². The Labute approximate surface area is 94.3 Å². The first-order valence-electron chi connectivity index (χ1n) is 5.30. The highest BCUT2D eigenvalue weighted by atomic mass is 16.3. The standard InChI is InChI=1S/C13H13NO2/c1-9-6-10(2-3-12(9)16)13(8-14)5-4-11(15)7-13/h2-3,6,16H,4-5,7H2,1H3. The quantitative estimate of drug-likeness (QED) is 0.781. The van der Waals surface area contributed by atoms with Gasteiger partial charge in [0, 0.05) is 12.8 Å². The largest absolute Gasteiger partial charge is 0.508 e. The van der Waals surface area contributed by atoms with Gasteiger partial charge in [-0.3, -0.25) is 4.79 Å². The van der Waals surface area contributed by atoms with Crippen LogP contribution in [0.15, 0.2) is 18.2 Å². The lowest BCUT2D eigenvalue weighted by Crippen LogP contribution is -2.20. The van der Waals surface area contributed by atoms with Gasteiger partial charge in [-0.1, -0.05) is 12.1 Å². The summed E-state index contributed by atoms with van der Waals surface area (Å²) in [6.07, 6.45) is 1.37. The second-order valence-corrected chi connectivity index (χ2v) is 4.41. The molecule has 0 spiro atoms. The zero-order valence-corrected chi connectivity index (χ0v) is 9.16. The third-order valence-electron chi connectivity index (χ3n) is 3.29. The number of phenolic OH excluding ortho intramolecular Hbond substituents is 1. The number of hydrogen-bond donors (Lipinski definition) is 1. The molecule has 2 rings (SSSR count). The fourth-order valence-electron chi connectivity index (χ4n) is 2.23. The van der Waals surface area contributed by atoms with Crippen LogP contribution in [0.1, 0.15) is 30.4 Å². The highest BCUT2D eigenvalue weighted by molar-refractivity contribution is 5.83. The Balaban J connectivity index is 2.46. The summed E-state index contributed by atoms with van der Waals surface area (Å²) in [5.74, 6) is 0.369. The van der Waals surface area contributed by atoms with E-state index in [2.05, 4.69) is 6.07 Å². The molecule has 1 aromatic rings. The molecular weight excluding hydrogens is 202 g/mol. The van der Waals surface area contributed by atoms with Crippen molar-refractivity contribution in [1.29, 1.82) is 5.26 Å². The van der Waals surface area contributed by atoms with Gasteiger partial charge in [-0.15, -0.1) is 0 Å². The summed E-state index contributed by atoms with van der Waals surface area (Å²) in [6, 6.07) is 7.40. The number of rotatable bonds is 1. The van der Waals surface area contributed by atoms with Gasteiger partial charge in [0.15, 0.2) is 0 Å². The molecule has 1 N–H and O–H groups in total. The molecule has 1 aliphatic rings. The molecule has 0 aliphatic heterocycles. The summed E-state index contributed by atoms with van der Waals surface area (Å²) in [4.78, 5) is 11.3. The molecule has 1 aliphatic carbocycles. The molecule has 3 heteroatoms. The molecule has 1 unspecified atom stereocenters. The van der Waals surface area contributed by atoms with Crippen molar-refractivity contribution in [2.24, 2.45) is 0 Å². The molecule has 0 bridgehead atoms. The normalized spacial score (nSPS) is 24.4. The van der Waals surface area contributed by atoms with Gasteiger partial charge in [0.05, 0.1) is 11.5 Å². The Kier molecular flexibility index (Phi) is 2.43. The summed E-state index contributed by atoms with van der Waals surface area (Å²) in [5.41, 5.74) is 0.915. The number of carbonyl (C=O) groups is 1. The van der Waals surface area contributed by atoms with E-state index >= 15 is 0 Å². The number of Topliss-reactive ketones (excluding diaryl/α,β-unsaturated/α-hetero) is 1. The van der Waals surface area contributed by atoms with Gasteiger partial charge in [-0.2, -0.15) is 5.26 Å². The van der Waals surface area contributed by atoms with E-state index in [9.17, 15) is 15.2 Å². The van der Waals surface area contributed by atoms with Crippen molar-refractivity contribution in [2.45, 2.75) is 31.6 Å². The van der Waals surface area contributed by atoms with Gasteiger partial charge in [0.25, 0.3) is 0 Å². The number of aryl methyl sites for hydroxylation is 1. The second kappa shape index (κ2) is 3.64. The van der Waals surface area contributed by atoms with Crippen molar-refractivity contribution in [1.82, 2.24) is 0 Å². The van der Waals surface area contributed by atoms with Crippen molar-refractivity contribution in [3.05, 3.63) is 29.3 Å². The van der Waals surface area contributed by atoms with Gasteiger partial charge in [0.2, 0.25) is 0 Å². The summed E-state index contributed by atoms with van der Waals surface area (Å²) < 4.78 is 0. The first-order valence-corrected chi connectivity index (χ1v) is 5.30. The zero-order chi connectivity index (χ0) is 11.8. The van der Waals surface area contributed by atoms with E-state index in [0.29, 0.717) is 19.3 Å². The highest BCUT2D eigenvalue weighted by Crippen LogP contribution is 2.39. The Morgan fingerprint density at radius 3 is 2.75 bits per heavy atom. The first kappa shape index (κ1) is 10.7. The van der Waals surface area contributed by atoms with E-state index in [-0.39, 0.29) is 11.5 Å². The lowest BCUT2D eigenvalue weighted by atomic mass is 9.80. The van der Waals surface area contributed by atoms with Crippen LogP contribution in [0.25, 0.3) is 0 Å². The Bertz CT molecular complexity index is 487. The van der Waals surface area contributed by atoms with E-state index in [4.69, 9.17) is 0 Å². The maximum absolute atomic E-state index is 11.3. The molecule has 1 atom stereocenters. The van der Waals surface area contributed by atoms with Crippen molar-refractivity contribution in [3.63, 3.8) is 0 Å². The number of nitrogens with zero attached hydrogens (tertiary/aromatic N) is 1. The van der Waals surface area contributed by atoms with E-state index in [0.717, 1.165) is 11.1 Å². The number of carbonyl (C=O) groups excluding carboxylic acids is 1. The van der Waals surface area contributed by atoms with Crippen LogP contribution in [-0.4, -0.2) is 10.9 Å². The van der Waals surface area contributed by atoms with E-state index in [1.807, 2.05) is 0 Å². The zero-order valence-electron chi connectivity index (χ0n) is 9.16. The van der Waals surface area contributed by atoms with E-state index in [1.54, 1.807) is 25.1 Å². The molecule has 0 radical (unpaired) electrons. The van der Waals surface area contributed by atoms with Crippen LogP contribution in [-0.2, 0) is 10.2 Å². The van der Waals surface area contributed by atoms with E-state index in [1.165, 1.54) is 0 Å². The van der Waals surface area contributed by atoms with Gasteiger partial charge in [-0.25, -0.2) is 0 Å². The number of aromatic hydroxyl groups is 1. The third-order valence-corrected chi connectivity index (χ3v) is 3.29. The average molecular weight is 215 g/mol. The fourth-order valence-corrected chi connectivity index (χ4v) is 2.23. The van der Waals surface area contributed by atoms with Gasteiger partial charge < -0.3 is 5.11 Å². The number of ketones is 1. The topological polar surface area (TPSA) is 61.1 Å². The SMILES string of the molecule is Cc1cc(C2(C#N)CCC(=O)C2)ccc1O. The fraction of sp³-hybridized carbons (Fsp3) is 0.385. The summed E-state index contributed by atoms with van der Waals surface area (Å²) in [7, 11) is 0. The highest BCUT2D eigenvalue weighted by Gasteiger charge is 2.40. The summed E-state index contributed by atoms with van der Waals surface area (Å²) in [5, 5.41) is 18.7. The van der Waals surface area contributed by atoms with Crippen LogP contribution < -0.4 is 0 Å². The molecular formula is C13H13NO2. The lowest BCUT2D eigenvalue weighted by Gasteiger charge is -2.20. The van der Waals surface area contributed by atoms with Crippen molar-refractivity contribution < 1.29 is 9.90 Å². The third kappa shape index (κ3) is 1.57. The van der Waals surface area contributed by atoms with Gasteiger partial charge >= 0.3 is 0 Å². The molecule has 82 valence electrons.